The van der Waals surface area contributed by atoms with Crippen molar-refractivity contribution in [3.63, 3.8) is 0 Å². The second-order valence-corrected chi connectivity index (χ2v) is 6.76. The number of rotatable bonds is 4. The molecule has 0 bridgehead atoms. The van der Waals surface area contributed by atoms with Gasteiger partial charge in [0.15, 0.2) is 5.78 Å². The molecule has 1 aliphatic rings. The van der Waals surface area contributed by atoms with E-state index in [0.717, 1.165) is 0 Å². The Morgan fingerprint density at radius 1 is 1.30 bits per heavy atom. The first-order valence-corrected chi connectivity index (χ1v) is 8.86. The van der Waals surface area contributed by atoms with Crippen LogP contribution in [0, 0.1) is 0 Å². The molecule has 11 heteroatoms. The van der Waals surface area contributed by atoms with Gasteiger partial charge < -0.3 is 15.4 Å². The molecular formula is C16H16N2O8S. The molecule has 0 saturated carbocycles. The summed E-state index contributed by atoms with van der Waals surface area (Å²) in [5.74, 6) is -2.36. The Kier molecular flexibility index (Phi) is 7.44. The van der Waals surface area contributed by atoms with Crippen molar-refractivity contribution in [3.8, 4) is 0 Å². The fourth-order valence-corrected chi connectivity index (χ4v) is 2.89. The smallest absolute Gasteiger partial charge is 0.367 e. The molecule has 0 amide bonds. The number of hydrogen-bond donors (Lipinski definition) is 2. The molecule has 0 aliphatic heterocycles. The average Bonchev–Trinajstić information content (AvgIpc) is 2.61. The van der Waals surface area contributed by atoms with Crippen LogP contribution in [-0.2, 0) is 19.6 Å². The molecule has 1 aromatic rings. The Labute approximate surface area is 154 Å². The Morgan fingerprint density at radius 3 is 2.30 bits per heavy atom. The van der Waals surface area contributed by atoms with Gasteiger partial charge in [-0.15, -0.1) is 0 Å². The summed E-state index contributed by atoms with van der Waals surface area (Å²) in [5, 5.41) is 6.01. The SMILES string of the molecule is C=C(C)C(=O)OCCO.[N-]=[N+]=C1C(=O)c2ccccc2C(=O)C1S(=O)(=O)O. The number of ether oxygens (including phenoxy) is 1. The normalized spacial score (nSPS) is 15.8. The minimum atomic E-state index is -4.87. The van der Waals surface area contributed by atoms with Crippen LogP contribution in [0.2, 0.25) is 0 Å². The highest BCUT2D eigenvalue weighted by Gasteiger charge is 2.51. The van der Waals surface area contributed by atoms with Crippen molar-refractivity contribution < 1.29 is 42.0 Å². The lowest BCUT2D eigenvalue weighted by Crippen LogP contribution is -2.46. The van der Waals surface area contributed by atoms with Crippen LogP contribution in [0.1, 0.15) is 27.6 Å². The summed E-state index contributed by atoms with van der Waals surface area (Å²) >= 11 is 0. The van der Waals surface area contributed by atoms with E-state index in [-0.39, 0.29) is 24.3 Å². The highest BCUT2D eigenvalue weighted by atomic mass is 32.2. The van der Waals surface area contributed by atoms with Crippen molar-refractivity contribution in [1.82, 2.24) is 0 Å². The van der Waals surface area contributed by atoms with Crippen molar-refractivity contribution in [2.45, 2.75) is 12.2 Å². The lowest BCUT2D eigenvalue weighted by atomic mass is 9.88. The van der Waals surface area contributed by atoms with E-state index < -0.39 is 38.6 Å². The minimum Gasteiger partial charge on any atom is -0.460 e. The van der Waals surface area contributed by atoms with Crippen molar-refractivity contribution in [3.05, 3.63) is 53.1 Å². The predicted octanol–water partition coefficient (Wildman–Crippen LogP) is 0.0908. The number of aliphatic hydroxyl groups is 1. The van der Waals surface area contributed by atoms with E-state index in [9.17, 15) is 22.8 Å². The van der Waals surface area contributed by atoms with Crippen LogP contribution < -0.4 is 0 Å². The monoisotopic (exact) mass is 396 g/mol. The Balaban J connectivity index is 0.000000345. The lowest BCUT2D eigenvalue weighted by Gasteiger charge is -2.16. The number of ketones is 2. The molecule has 1 atom stereocenters. The zero-order chi connectivity index (χ0) is 20.8. The summed E-state index contributed by atoms with van der Waals surface area (Å²) in [6.07, 6.45) is 0. The quantitative estimate of drug-likeness (QED) is 0.237. The first-order chi connectivity index (χ1) is 12.6. The zero-order valence-electron chi connectivity index (χ0n) is 14.2. The molecule has 2 N–H and O–H groups in total. The van der Waals surface area contributed by atoms with Gasteiger partial charge in [0, 0.05) is 16.7 Å². The average molecular weight is 396 g/mol. The molecule has 0 aromatic heterocycles. The van der Waals surface area contributed by atoms with Crippen molar-refractivity contribution in [2.24, 2.45) is 0 Å². The van der Waals surface area contributed by atoms with E-state index in [1.807, 2.05) is 0 Å². The van der Waals surface area contributed by atoms with Gasteiger partial charge in [0.25, 0.3) is 21.2 Å². The molecule has 10 nitrogen and oxygen atoms in total. The van der Waals surface area contributed by atoms with Crippen LogP contribution in [0.15, 0.2) is 36.4 Å². The molecule has 2 rings (SSSR count). The fraction of sp³-hybridized carbons (Fsp3) is 0.250. The first-order valence-electron chi connectivity index (χ1n) is 7.35. The van der Waals surface area contributed by atoms with Crippen LogP contribution >= 0.6 is 0 Å². The molecule has 0 fully saturated rings. The number of benzene rings is 1. The Morgan fingerprint density at radius 2 is 1.85 bits per heavy atom. The summed E-state index contributed by atoms with van der Waals surface area (Å²) < 4.78 is 35.7. The second-order valence-electron chi connectivity index (χ2n) is 5.26. The number of aliphatic hydroxyl groups excluding tert-OH is 1. The molecule has 27 heavy (non-hydrogen) atoms. The molecule has 0 radical (unpaired) electrons. The molecule has 1 aliphatic carbocycles. The second kappa shape index (κ2) is 9.10. The summed E-state index contributed by atoms with van der Waals surface area (Å²) in [6, 6.07) is 5.50. The maximum absolute atomic E-state index is 11.9. The number of nitrogens with zero attached hydrogens (tertiary/aromatic N) is 2. The molecule has 0 saturated heterocycles. The van der Waals surface area contributed by atoms with Crippen LogP contribution in [0.25, 0.3) is 5.53 Å². The van der Waals surface area contributed by atoms with Gasteiger partial charge in [-0.25, -0.2) is 4.79 Å². The van der Waals surface area contributed by atoms with Gasteiger partial charge in [-0.2, -0.15) is 13.2 Å². The van der Waals surface area contributed by atoms with Crippen LogP contribution in [-0.4, -0.2) is 64.6 Å². The Hall–Kier alpha value is -2.98. The molecule has 1 aromatic carbocycles. The number of Topliss-reactive ketones (excluding diaryl/α,β-unsaturated/α-hetero) is 2. The van der Waals surface area contributed by atoms with Crippen LogP contribution in [0.5, 0.6) is 0 Å². The van der Waals surface area contributed by atoms with E-state index >= 15 is 0 Å². The summed E-state index contributed by atoms with van der Waals surface area (Å²) in [7, 11) is -4.87. The van der Waals surface area contributed by atoms with Gasteiger partial charge in [0.05, 0.1) is 6.61 Å². The van der Waals surface area contributed by atoms with Crippen LogP contribution in [0.4, 0.5) is 0 Å². The van der Waals surface area contributed by atoms with Crippen molar-refractivity contribution in [2.75, 3.05) is 13.2 Å². The molecule has 0 heterocycles. The summed E-state index contributed by atoms with van der Waals surface area (Å²) in [6.45, 7) is 4.81. The van der Waals surface area contributed by atoms with E-state index in [0.29, 0.717) is 5.57 Å². The molecule has 144 valence electrons. The van der Waals surface area contributed by atoms with Gasteiger partial charge in [0.2, 0.25) is 0 Å². The third-order valence-electron chi connectivity index (χ3n) is 3.23. The van der Waals surface area contributed by atoms with Crippen molar-refractivity contribution >= 4 is 33.4 Å². The highest BCUT2D eigenvalue weighted by molar-refractivity contribution is 7.88. The first kappa shape index (κ1) is 22.1. The molecule has 0 spiro atoms. The van der Waals surface area contributed by atoms with E-state index in [1.165, 1.54) is 24.3 Å². The van der Waals surface area contributed by atoms with E-state index in [4.69, 9.17) is 15.2 Å². The zero-order valence-corrected chi connectivity index (χ0v) is 15.0. The molecular weight excluding hydrogens is 380 g/mol. The van der Waals surface area contributed by atoms with Crippen LogP contribution in [0.3, 0.4) is 0 Å². The van der Waals surface area contributed by atoms with Gasteiger partial charge in [-0.1, -0.05) is 30.8 Å². The Bertz CT molecular complexity index is 945. The maximum atomic E-state index is 11.9. The standard InChI is InChI=1S/C10H6N2O5S.C6H10O3/c11-12-7-8(13)5-3-1-2-4-6(5)9(14)10(7)18(15,16)17;1-5(2)6(8)9-4-3-7/h1-4,10H,(H,15,16,17);7H,1,3-4H2,2H3. The van der Waals surface area contributed by atoms with E-state index in [1.54, 1.807) is 6.92 Å². The summed E-state index contributed by atoms with van der Waals surface area (Å²) in [4.78, 5) is 36.7. The highest BCUT2D eigenvalue weighted by Crippen LogP contribution is 2.22. The predicted molar refractivity (Wildman–Crippen MR) is 91.9 cm³/mol. The maximum Gasteiger partial charge on any atom is 0.367 e. The van der Waals surface area contributed by atoms with Gasteiger partial charge in [-0.05, 0) is 6.92 Å². The van der Waals surface area contributed by atoms with Crippen molar-refractivity contribution in [1.29, 1.82) is 0 Å². The minimum absolute atomic E-state index is 0.0473. The summed E-state index contributed by atoms with van der Waals surface area (Å²) in [5.41, 5.74) is 7.94. The molecule has 1 unspecified atom stereocenters. The number of fused-ring (bicyclic) bond motifs is 1. The van der Waals surface area contributed by atoms with E-state index in [2.05, 4.69) is 16.1 Å². The third-order valence-corrected chi connectivity index (χ3v) is 4.27. The van der Waals surface area contributed by atoms with Gasteiger partial charge >= 0.3 is 11.7 Å². The lowest BCUT2D eigenvalue weighted by molar-refractivity contribution is -0.139. The number of hydrogen-bond acceptors (Lipinski definition) is 7. The topological polar surface area (TPSA) is 171 Å². The van der Waals surface area contributed by atoms with Gasteiger partial charge in [-0.3, -0.25) is 14.1 Å². The number of esters is 1. The van der Waals surface area contributed by atoms with Gasteiger partial charge in [0.1, 0.15) is 6.61 Å². The largest absolute Gasteiger partial charge is 0.460 e. The number of carbonyl (C=O) groups excluding carboxylic acids is 3. The fourth-order valence-electron chi connectivity index (χ4n) is 2.05. The number of carbonyl (C=O) groups is 3. The third kappa shape index (κ3) is 5.25.